The monoisotopic (exact) mass is 227 g/mol. The minimum Gasteiger partial charge on any atom is -0.394 e. The van der Waals surface area contributed by atoms with E-state index in [1.165, 1.54) is 10.8 Å². The van der Waals surface area contributed by atoms with Gasteiger partial charge in [-0.05, 0) is 6.92 Å². The third kappa shape index (κ3) is 2.00. The Morgan fingerprint density at radius 3 is 3.20 bits per heavy atom. The molecule has 0 radical (unpaired) electrons. The lowest BCUT2D eigenvalue weighted by Gasteiger charge is -2.12. The van der Waals surface area contributed by atoms with Crippen molar-refractivity contribution < 1.29 is 5.11 Å². The lowest BCUT2D eigenvalue weighted by atomic mass is 10.3. The molecule has 2 rings (SSSR count). The van der Waals surface area contributed by atoms with Crippen LogP contribution in [0.4, 0.5) is 5.82 Å². The van der Waals surface area contributed by atoms with Crippen molar-refractivity contribution >= 4 is 23.2 Å². The van der Waals surface area contributed by atoms with Gasteiger partial charge in [0.05, 0.1) is 6.61 Å². The van der Waals surface area contributed by atoms with Gasteiger partial charge in [0, 0.05) is 12.1 Å². The molecule has 0 aromatic carbocycles. The van der Waals surface area contributed by atoms with E-state index in [1.54, 1.807) is 6.07 Å². The molecule has 0 saturated heterocycles. The number of aromatic nitrogens is 4. The number of hydrogen-bond acceptors (Lipinski definition) is 5. The van der Waals surface area contributed by atoms with Crippen LogP contribution in [-0.2, 0) is 0 Å². The van der Waals surface area contributed by atoms with E-state index in [2.05, 4.69) is 20.4 Å². The van der Waals surface area contributed by atoms with Crippen molar-refractivity contribution in [3.8, 4) is 0 Å². The molecule has 2 N–H and O–H groups in total. The van der Waals surface area contributed by atoms with E-state index in [4.69, 9.17) is 16.7 Å². The molecule has 2 aromatic heterocycles. The summed E-state index contributed by atoms with van der Waals surface area (Å²) >= 11 is 5.81. The van der Waals surface area contributed by atoms with E-state index in [-0.39, 0.29) is 12.6 Å². The number of nitrogens with one attached hydrogen (secondary N) is 1. The molecule has 0 fully saturated rings. The molecule has 1 unspecified atom stereocenters. The normalized spacial score (nSPS) is 13.0. The van der Waals surface area contributed by atoms with Gasteiger partial charge < -0.3 is 10.4 Å². The molecule has 0 aliphatic rings. The second kappa shape index (κ2) is 4.00. The predicted molar refractivity (Wildman–Crippen MR) is 56.0 cm³/mol. The second-order valence-corrected chi connectivity index (χ2v) is 3.55. The van der Waals surface area contributed by atoms with Crippen LogP contribution in [0.1, 0.15) is 6.92 Å². The maximum atomic E-state index is 8.93. The van der Waals surface area contributed by atoms with Crippen molar-refractivity contribution in [1.29, 1.82) is 0 Å². The minimum atomic E-state index is -0.0872. The number of halogens is 1. The molecule has 0 spiro atoms. The van der Waals surface area contributed by atoms with Crippen LogP contribution in [0.2, 0.25) is 5.15 Å². The van der Waals surface area contributed by atoms with Crippen LogP contribution in [0.5, 0.6) is 0 Å². The highest BCUT2D eigenvalue weighted by Crippen LogP contribution is 2.14. The highest BCUT2D eigenvalue weighted by molar-refractivity contribution is 6.29. The van der Waals surface area contributed by atoms with Crippen molar-refractivity contribution in [2.75, 3.05) is 11.9 Å². The standard InChI is InChI=1S/C8H10ClN5O/c1-5(3-15)12-7-2-6(9)13-8-10-4-11-14(7)8/h2,4-5,12,15H,3H2,1H3. The van der Waals surface area contributed by atoms with E-state index in [1.807, 2.05) is 6.92 Å². The highest BCUT2D eigenvalue weighted by atomic mass is 35.5. The van der Waals surface area contributed by atoms with Gasteiger partial charge in [-0.3, -0.25) is 0 Å². The Hall–Kier alpha value is -1.40. The van der Waals surface area contributed by atoms with E-state index in [0.717, 1.165) is 0 Å². The third-order valence-electron chi connectivity index (χ3n) is 1.89. The summed E-state index contributed by atoms with van der Waals surface area (Å²) in [6.07, 6.45) is 1.40. The van der Waals surface area contributed by atoms with Crippen LogP contribution < -0.4 is 5.32 Å². The molecule has 1 atom stereocenters. The Labute approximate surface area is 90.9 Å². The molecule has 15 heavy (non-hydrogen) atoms. The number of aliphatic hydroxyl groups excluding tert-OH is 1. The molecular formula is C8H10ClN5O. The van der Waals surface area contributed by atoms with Crippen LogP contribution in [0.3, 0.4) is 0 Å². The molecule has 0 amide bonds. The summed E-state index contributed by atoms with van der Waals surface area (Å²) in [5, 5.41) is 16.3. The van der Waals surface area contributed by atoms with Crippen molar-refractivity contribution in [2.45, 2.75) is 13.0 Å². The molecule has 0 aliphatic heterocycles. The first kappa shape index (κ1) is 10.1. The fraction of sp³-hybridized carbons (Fsp3) is 0.375. The topological polar surface area (TPSA) is 75.3 Å². The maximum absolute atomic E-state index is 8.93. The first-order chi connectivity index (χ1) is 7.20. The van der Waals surface area contributed by atoms with E-state index < -0.39 is 0 Å². The summed E-state index contributed by atoms with van der Waals surface area (Å²) in [5.74, 6) is 1.08. The van der Waals surface area contributed by atoms with Gasteiger partial charge in [-0.2, -0.15) is 19.6 Å². The summed E-state index contributed by atoms with van der Waals surface area (Å²) in [4.78, 5) is 7.91. The van der Waals surface area contributed by atoms with Gasteiger partial charge in [-0.25, -0.2) is 0 Å². The zero-order valence-electron chi connectivity index (χ0n) is 8.05. The smallest absolute Gasteiger partial charge is 0.255 e. The quantitative estimate of drug-likeness (QED) is 0.750. The van der Waals surface area contributed by atoms with E-state index in [9.17, 15) is 0 Å². The van der Waals surface area contributed by atoms with Crippen LogP contribution >= 0.6 is 11.6 Å². The van der Waals surface area contributed by atoms with Crippen molar-refractivity contribution in [3.63, 3.8) is 0 Å². The molecule has 2 aromatic rings. The lowest BCUT2D eigenvalue weighted by Crippen LogP contribution is -2.21. The van der Waals surface area contributed by atoms with Gasteiger partial charge in [0.25, 0.3) is 5.78 Å². The SMILES string of the molecule is CC(CO)Nc1cc(Cl)nc2ncnn12. The van der Waals surface area contributed by atoms with Crippen LogP contribution in [0.25, 0.3) is 5.78 Å². The highest BCUT2D eigenvalue weighted by Gasteiger charge is 2.08. The summed E-state index contributed by atoms with van der Waals surface area (Å²) in [6.45, 7) is 1.87. The van der Waals surface area contributed by atoms with E-state index in [0.29, 0.717) is 16.7 Å². The molecule has 7 heteroatoms. The molecule has 0 saturated carbocycles. The average molecular weight is 228 g/mol. The van der Waals surface area contributed by atoms with Gasteiger partial charge in [-0.15, -0.1) is 0 Å². The van der Waals surface area contributed by atoms with Gasteiger partial charge in [0.1, 0.15) is 17.3 Å². The first-order valence-corrected chi connectivity index (χ1v) is 4.82. The Bertz CT molecular complexity index is 471. The van der Waals surface area contributed by atoms with Crippen LogP contribution in [-0.4, -0.2) is 37.3 Å². The Balaban J connectivity index is 2.44. The minimum absolute atomic E-state index is 0.0239. The van der Waals surface area contributed by atoms with E-state index >= 15 is 0 Å². The second-order valence-electron chi connectivity index (χ2n) is 3.16. The van der Waals surface area contributed by atoms with Crippen molar-refractivity contribution in [2.24, 2.45) is 0 Å². The first-order valence-electron chi connectivity index (χ1n) is 4.44. The molecule has 6 nitrogen and oxygen atoms in total. The number of anilines is 1. The molecule has 2 heterocycles. The van der Waals surface area contributed by atoms with Gasteiger partial charge in [0.15, 0.2) is 0 Å². The third-order valence-corrected chi connectivity index (χ3v) is 2.08. The number of rotatable bonds is 3. The van der Waals surface area contributed by atoms with Gasteiger partial charge in [-0.1, -0.05) is 11.6 Å². The zero-order chi connectivity index (χ0) is 10.8. The summed E-state index contributed by atoms with van der Waals surface area (Å²) in [7, 11) is 0. The number of nitrogens with zero attached hydrogens (tertiary/aromatic N) is 4. The number of aliphatic hydroxyl groups is 1. The van der Waals surface area contributed by atoms with Crippen molar-refractivity contribution in [3.05, 3.63) is 17.5 Å². The Morgan fingerprint density at radius 2 is 2.47 bits per heavy atom. The van der Waals surface area contributed by atoms with Crippen LogP contribution in [0, 0.1) is 0 Å². The maximum Gasteiger partial charge on any atom is 0.255 e. The summed E-state index contributed by atoms with van der Waals surface area (Å²) in [5.41, 5.74) is 0. The Morgan fingerprint density at radius 1 is 1.67 bits per heavy atom. The Kier molecular flexibility index (Phi) is 2.70. The molecule has 0 bridgehead atoms. The lowest BCUT2D eigenvalue weighted by molar-refractivity contribution is 0.281. The molecular weight excluding hydrogens is 218 g/mol. The number of fused-ring (bicyclic) bond motifs is 1. The zero-order valence-corrected chi connectivity index (χ0v) is 8.81. The van der Waals surface area contributed by atoms with Gasteiger partial charge >= 0.3 is 0 Å². The summed E-state index contributed by atoms with van der Waals surface area (Å²) in [6, 6.07) is 1.55. The van der Waals surface area contributed by atoms with Gasteiger partial charge in [0.2, 0.25) is 0 Å². The van der Waals surface area contributed by atoms with Crippen molar-refractivity contribution in [1.82, 2.24) is 19.6 Å². The fourth-order valence-electron chi connectivity index (χ4n) is 1.18. The fourth-order valence-corrected chi connectivity index (χ4v) is 1.36. The summed E-state index contributed by atoms with van der Waals surface area (Å²) < 4.78 is 1.53. The van der Waals surface area contributed by atoms with Crippen LogP contribution in [0.15, 0.2) is 12.4 Å². The number of hydrogen-bond donors (Lipinski definition) is 2. The average Bonchev–Trinajstić information content (AvgIpc) is 2.65. The molecule has 0 aliphatic carbocycles. The largest absolute Gasteiger partial charge is 0.394 e. The predicted octanol–water partition coefficient (Wildman–Crippen LogP) is 0.570. The molecule has 80 valence electrons.